The fourth-order valence-corrected chi connectivity index (χ4v) is 2.13. The molecule has 0 aliphatic rings. The van der Waals surface area contributed by atoms with E-state index in [1.807, 2.05) is 0 Å². The van der Waals surface area contributed by atoms with E-state index in [1.165, 1.54) is 35.6 Å². The molecule has 2 rings (SSSR count). The van der Waals surface area contributed by atoms with Gasteiger partial charge in [0.25, 0.3) is 17.7 Å². The van der Waals surface area contributed by atoms with Crippen molar-refractivity contribution in [3.63, 3.8) is 0 Å². The molecule has 0 atom stereocenters. The minimum atomic E-state index is -0.512. The fourth-order valence-electron chi connectivity index (χ4n) is 1.51. The lowest BCUT2D eigenvalue weighted by Crippen LogP contribution is -2.46. The van der Waals surface area contributed by atoms with Gasteiger partial charge in [0.05, 0.1) is 11.1 Å². The highest BCUT2D eigenvalue weighted by Crippen LogP contribution is 2.07. The van der Waals surface area contributed by atoms with E-state index < -0.39 is 17.7 Å². The van der Waals surface area contributed by atoms with Crippen LogP contribution in [-0.4, -0.2) is 36.2 Å². The lowest BCUT2D eigenvalue weighted by molar-refractivity contribution is -0.122. The maximum absolute atomic E-state index is 11.8. The van der Waals surface area contributed by atoms with Crippen molar-refractivity contribution in [3.8, 4) is 0 Å². The van der Waals surface area contributed by atoms with Crippen LogP contribution in [0.1, 0.15) is 20.2 Å². The van der Waals surface area contributed by atoms with Crippen LogP contribution in [0.4, 0.5) is 0 Å². The quantitative estimate of drug-likeness (QED) is 0.820. The average molecular weight is 307 g/mol. The molecule has 8 heteroatoms. The Morgan fingerprint density at radius 2 is 2.05 bits per heavy atom. The van der Waals surface area contributed by atoms with E-state index >= 15 is 0 Å². The first kappa shape index (κ1) is 14.8. The van der Waals surface area contributed by atoms with E-state index in [0.717, 1.165) is 0 Å². The molecule has 0 saturated heterocycles. The van der Waals surface area contributed by atoms with Gasteiger partial charge in [0, 0.05) is 7.05 Å². The van der Waals surface area contributed by atoms with E-state index in [0.29, 0.717) is 4.88 Å². The van der Waals surface area contributed by atoms with E-state index in [1.54, 1.807) is 23.6 Å². The number of hydrogen-bond donors (Lipinski definition) is 2. The van der Waals surface area contributed by atoms with E-state index in [2.05, 4.69) is 10.9 Å². The van der Waals surface area contributed by atoms with Crippen molar-refractivity contribution in [2.24, 2.45) is 0 Å². The summed E-state index contributed by atoms with van der Waals surface area (Å²) >= 11 is 1.26. The highest BCUT2D eigenvalue weighted by Gasteiger charge is 2.17. The molecule has 2 heterocycles. The standard InChI is InChI=1S/C13H13N3O4S/c1-16(13(19)9-4-2-6-20-9)8-11(17)14-15-12(18)10-5-3-7-21-10/h2-7H,8H2,1H3,(H,14,17)(H,15,18). The van der Waals surface area contributed by atoms with Crippen LogP contribution in [0.2, 0.25) is 0 Å². The molecule has 2 aromatic heterocycles. The zero-order chi connectivity index (χ0) is 15.2. The Bertz CT molecular complexity index is 622. The summed E-state index contributed by atoms with van der Waals surface area (Å²) in [5.41, 5.74) is 4.52. The van der Waals surface area contributed by atoms with Crippen LogP contribution in [0.15, 0.2) is 40.3 Å². The third-order valence-corrected chi connectivity index (χ3v) is 3.39. The van der Waals surface area contributed by atoms with Gasteiger partial charge in [-0.15, -0.1) is 11.3 Å². The van der Waals surface area contributed by atoms with Crippen molar-refractivity contribution >= 4 is 29.1 Å². The molecule has 110 valence electrons. The maximum Gasteiger partial charge on any atom is 0.289 e. The number of thiophene rings is 1. The van der Waals surface area contributed by atoms with Crippen LogP contribution in [0.3, 0.4) is 0 Å². The zero-order valence-electron chi connectivity index (χ0n) is 11.2. The predicted octanol–water partition coefficient (Wildman–Crippen LogP) is 0.874. The Labute approximate surface area is 124 Å². The highest BCUT2D eigenvalue weighted by molar-refractivity contribution is 7.12. The van der Waals surface area contributed by atoms with Crippen molar-refractivity contribution in [1.82, 2.24) is 15.8 Å². The van der Waals surface area contributed by atoms with Crippen molar-refractivity contribution in [1.29, 1.82) is 0 Å². The van der Waals surface area contributed by atoms with Crippen LogP contribution in [0.5, 0.6) is 0 Å². The summed E-state index contributed by atoms with van der Waals surface area (Å²) in [5, 5.41) is 1.76. The van der Waals surface area contributed by atoms with Gasteiger partial charge in [0.2, 0.25) is 0 Å². The smallest absolute Gasteiger partial charge is 0.289 e. The lowest BCUT2D eigenvalue weighted by atomic mass is 10.4. The zero-order valence-corrected chi connectivity index (χ0v) is 12.0. The van der Waals surface area contributed by atoms with Crippen molar-refractivity contribution in [3.05, 3.63) is 46.5 Å². The molecule has 0 radical (unpaired) electrons. The summed E-state index contributed by atoms with van der Waals surface area (Å²) < 4.78 is 4.95. The van der Waals surface area contributed by atoms with Crippen molar-refractivity contribution in [2.45, 2.75) is 0 Å². The van der Waals surface area contributed by atoms with E-state index in [4.69, 9.17) is 4.42 Å². The topological polar surface area (TPSA) is 91.7 Å². The monoisotopic (exact) mass is 307 g/mol. The number of amides is 3. The van der Waals surface area contributed by atoms with Gasteiger partial charge in [-0.1, -0.05) is 6.07 Å². The molecule has 7 nitrogen and oxygen atoms in total. The molecule has 0 unspecified atom stereocenters. The van der Waals surface area contributed by atoms with Crippen molar-refractivity contribution in [2.75, 3.05) is 13.6 Å². The van der Waals surface area contributed by atoms with Gasteiger partial charge in [-0.2, -0.15) is 0 Å². The van der Waals surface area contributed by atoms with Crippen LogP contribution < -0.4 is 10.9 Å². The number of nitrogens with one attached hydrogen (secondary N) is 2. The molecule has 0 saturated carbocycles. The van der Waals surface area contributed by atoms with Gasteiger partial charge in [-0.05, 0) is 23.6 Å². The molecule has 0 aliphatic carbocycles. The minimum Gasteiger partial charge on any atom is -0.459 e. The molecule has 0 aromatic carbocycles. The van der Waals surface area contributed by atoms with Gasteiger partial charge in [-0.3, -0.25) is 25.2 Å². The molecule has 21 heavy (non-hydrogen) atoms. The molecular formula is C13H13N3O4S. The van der Waals surface area contributed by atoms with Crippen LogP contribution in [-0.2, 0) is 4.79 Å². The molecule has 0 fully saturated rings. The van der Waals surface area contributed by atoms with Crippen molar-refractivity contribution < 1.29 is 18.8 Å². The van der Waals surface area contributed by atoms with Crippen LogP contribution >= 0.6 is 11.3 Å². The summed E-state index contributed by atoms with van der Waals surface area (Å²) in [7, 11) is 1.46. The number of hydrazine groups is 1. The second kappa shape index (κ2) is 6.71. The van der Waals surface area contributed by atoms with Gasteiger partial charge in [-0.25, -0.2) is 0 Å². The average Bonchev–Trinajstić information content (AvgIpc) is 3.15. The second-order valence-electron chi connectivity index (χ2n) is 4.12. The predicted molar refractivity (Wildman–Crippen MR) is 75.6 cm³/mol. The van der Waals surface area contributed by atoms with Crippen LogP contribution in [0, 0.1) is 0 Å². The van der Waals surface area contributed by atoms with Crippen LogP contribution in [0.25, 0.3) is 0 Å². The fraction of sp³-hybridized carbons (Fsp3) is 0.154. The minimum absolute atomic E-state index is 0.146. The van der Waals surface area contributed by atoms with E-state index in [9.17, 15) is 14.4 Å². The number of hydrogen-bond acceptors (Lipinski definition) is 5. The molecule has 2 N–H and O–H groups in total. The normalized spacial score (nSPS) is 9.95. The number of carbonyl (C=O) groups excluding carboxylic acids is 3. The summed E-state index contributed by atoms with van der Waals surface area (Å²) in [6, 6.07) is 6.47. The summed E-state index contributed by atoms with van der Waals surface area (Å²) in [6.07, 6.45) is 1.38. The van der Waals surface area contributed by atoms with Gasteiger partial charge < -0.3 is 9.32 Å². The number of carbonyl (C=O) groups is 3. The first-order chi connectivity index (χ1) is 10.1. The van der Waals surface area contributed by atoms with Gasteiger partial charge in [0.15, 0.2) is 5.76 Å². The second-order valence-corrected chi connectivity index (χ2v) is 5.07. The molecule has 3 amide bonds. The Balaban J connectivity index is 1.79. The number of rotatable bonds is 4. The third kappa shape index (κ3) is 3.93. The Hall–Kier alpha value is -2.61. The third-order valence-electron chi connectivity index (χ3n) is 2.52. The Morgan fingerprint density at radius 1 is 1.24 bits per heavy atom. The molecule has 0 aliphatic heterocycles. The SMILES string of the molecule is CN(CC(=O)NNC(=O)c1cccs1)C(=O)c1ccco1. The number of nitrogens with zero attached hydrogens (tertiary/aromatic N) is 1. The molecule has 0 bridgehead atoms. The molecular weight excluding hydrogens is 294 g/mol. The Morgan fingerprint density at radius 3 is 2.67 bits per heavy atom. The first-order valence-corrected chi connectivity index (χ1v) is 6.87. The highest BCUT2D eigenvalue weighted by atomic mass is 32.1. The summed E-state index contributed by atoms with van der Waals surface area (Å²) in [5.74, 6) is -1.19. The van der Waals surface area contributed by atoms with Gasteiger partial charge >= 0.3 is 0 Å². The lowest BCUT2D eigenvalue weighted by Gasteiger charge is -2.15. The largest absolute Gasteiger partial charge is 0.459 e. The summed E-state index contributed by atoms with van der Waals surface area (Å²) in [4.78, 5) is 36.8. The molecule has 0 spiro atoms. The van der Waals surface area contributed by atoms with E-state index in [-0.39, 0.29) is 12.3 Å². The van der Waals surface area contributed by atoms with Gasteiger partial charge in [0.1, 0.15) is 6.54 Å². The summed E-state index contributed by atoms with van der Waals surface area (Å²) in [6.45, 7) is -0.204. The first-order valence-electron chi connectivity index (χ1n) is 5.99. The maximum atomic E-state index is 11.8. The molecule has 2 aromatic rings. The number of likely N-dealkylation sites (N-methyl/N-ethyl adjacent to an activating group) is 1. The Kier molecular flexibility index (Phi) is 4.72. The number of furan rings is 1.